The van der Waals surface area contributed by atoms with Crippen LogP contribution in [-0.4, -0.2) is 28.6 Å². The van der Waals surface area contributed by atoms with Crippen molar-refractivity contribution in [2.24, 2.45) is 0 Å². The van der Waals surface area contributed by atoms with Gasteiger partial charge in [0.15, 0.2) is 0 Å². The Hall–Kier alpha value is -0.480. The fourth-order valence-electron chi connectivity index (χ4n) is 2.87. The molecule has 110 valence electrons. The SMILES string of the molecule is CC1CCCC(C)N1C(=O)CSCc1cccc(Br)c1. The molecule has 4 heteroatoms. The summed E-state index contributed by atoms with van der Waals surface area (Å²) in [5, 5.41) is 0. The molecule has 0 N–H and O–H groups in total. The molecular formula is C16H22BrNOS. The normalized spacial score (nSPS) is 22.9. The van der Waals surface area contributed by atoms with Gasteiger partial charge in [-0.2, -0.15) is 0 Å². The van der Waals surface area contributed by atoms with Gasteiger partial charge in [0, 0.05) is 22.3 Å². The van der Waals surface area contributed by atoms with Crippen molar-refractivity contribution in [1.29, 1.82) is 0 Å². The number of hydrogen-bond donors (Lipinski definition) is 0. The lowest BCUT2D eigenvalue weighted by Crippen LogP contribution is -2.48. The zero-order chi connectivity index (χ0) is 14.5. The van der Waals surface area contributed by atoms with Crippen molar-refractivity contribution in [3.05, 3.63) is 34.3 Å². The Balaban J connectivity index is 1.82. The number of halogens is 1. The summed E-state index contributed by atoms with van der Waals surface area (Å²) in [6, 6.07) is 9.08. The maximum atomic E-state index is 12.4. The Morgan fingerprint density at radius 1 is 1.35 bits per heavy atom. The van der Waals surface area contributed by atoms with Gasteiger partial charge in [0.05, 0.1) is 5.75 Å². The first-order valence-corrected chi connectivity index (χ1v) is 9.16. The van der Waals surface area contributed by atoms with Gasteiger partial charge >= 0.3 is 0 Å². The van der Waals surface area contributed by atoms with E-state index in [0.717, 1.165) is 23.1 Å². The lowest BCUT2D eigenvalue weighted by Gasteiger charge is -2.39. The monoisotopic (exact) mass is 355 g/mol. The van der Waals surface area contributed by atoms with Gasteiger partial charge in [0.2, 0.25) is 5.91 Å². The molecule has 1 amide bonds. The van der Waals surface area contributed by atoms with E-state index < -0.39 is 0 Å². The van der Waals surface area contributed by atoms with E-state index in [1.165, 1.54) is 12.0 Å². The van der Waals surface area contributed by atoms with E-state index in [-0.39, 0.29) is 0 Å². The van der Waals surface area contributed by atoms with Gasteiger partial charge in [-0.1, -0.05) is 28.1 Å². The van der Waals surface area contributed by atoms with Crippen LogP contribution in [0.5, 0.6) is 0 Å². The van der Waals surface area contributed by atoms with Crippen LogP contribution in [0.15, 0.2) is 28.7 Å². The Kier molecular flexibility index (Phi) is 5.97. The highest BCUT2D eigenvalue weighted by Crippen LogP contribution is 2.24. The predicted molar refractivity (Wildman–Crippen MR) is 89.9 cm³/mol. The van der Waals surface area contributed by atoms with Gasteiger partial charge in [-0.25, -0.2) is 0 Å². The van der Waals surface area contributed by atoms with Gasteiger partial charge in [0.1, 0.15) is 0 Å². The van der Waals surface area contributed by atoms with E-state index in [1.807, 2.05) is 12.1 Å². The third kappa shape index (κ3) is 4.26. The fourth-order valence-corrected chi connectivity index (χ4v) is 4.16. The largest absolute Gasteiger partial charge is 0.337 e. The van der Waals surface area contributed by atoms with Crippen molar-refractivity contribution in [3.8, 4) is 0 Å². The van der Waals surface area contributed by atoms with Crippen LogP contribution in [0.1, 0.15) is 38.7 Å². The van der Waals surface area contributed by atoms with Gasteiger partial charge < -0.3 is 4.90 Å². The molecule has 1 aliphatic rings. The van der Waals surface area contributed by atoms with Crippen LogP contribution in [-0.2, 0) is 10.5 Å². The molecule has 0 saturated carbocycles. The standard InChI is InChI=1S/C16H22BrNOS/c1-12-5-3-6-13(2)18(12)16(19)11-20-10-14-7-4-8-15(17)9-14/h4,7-9,12-13H,3,5-6,10-11H2,1-2H3. The van der Waals surface area contributed by atoms with E-state index in [2.05, 4.69) is 46.8 Å². The third-order valence-electron chi connectivity index (χ3n) is 3.86. The van der Waals surface area contributed by atoms with Crippen LogP contribution in [0.4, 0.5) is 0 Å². The van der Waals surface area contributed by atoms with Gasteiger partial charge in [0.25, 0.3) is 0 Å². The number of likely N-dealkylation sites (tertiary alicyclic amines) is 1. The number of carbonyl (C=O) groups excluding carboxylic acids is 1. The summed E-state index contributed by atoms with van der Waals surface area (Å²) in [5.41, 5.74) is 1.26. The summed E-state index contributed by atoms with van der Waals surface area (Å²) < 4.78 is 1.10. The van der Waals surface area contributed by atoms with Gasteiger partial charge in [-0.15, -0.1) is 11.8 Å². The van der Waals surface area contributed by atoms with Crippen molar-refractivity contribution >= 4 is 33.6 Å². The number of nitrogens with zero attached hydrogens (tertiary/aromatic N) is 1. The van der Waals surface area contributed by atoms with Crippen molar-refractivity contribution in [1.82, 2.24) is 4.90 Å². The van der Waals surface area contributed by atoms with E-state index in [4.69, 9.17) is 0 Å². The van der Waals surface area contributed by atoms with Crippen LogP contribution in [0.3, 0.4) is 0 Å². The summed E-state index contributed by atoms with van der Waals surface area (Å²) in [6.45, 7) is 4.35. The zero-order valence-corrected chi connectivity index (χ0v) is 14.5. The minimum Gasteiger partial charge on any atom is -0.337 e. The number of amides is 1. The lowest BCUT2D eigenvalue weighted by atomic mass is 9.98. The maximum absolute atomic E-state index is 12.4. The van der Waals surface area contributed by atoms with E-state index >= 15 is 0 Å². The number of piperidine rings is 1. The number of benzene rings is 1. The molecule has 2 rings (SSSR count). The number of hydrogen-bond acceptors (Lipinski definition) is 2. The summed E-state index contributed by atoms with van der Waals surface area (Å²) in [5.74, 6) is 1.77. The molecule has 1 fully saturated rings. The quantitative estimate of drug-likeness (QED) is 0.793. The second kappa shape index (κ2) is 7.51. The predicted octanol–water partition coefficient (Wildman–Crippen LogP) is 4.47. The summed E-state index contributed by atoms with van der Waals surface area (Å²) in [7, 11) is 0. The molecular weight excluding hydrogens is 334 g/mol. The zero-order valence-electron chi connectivity index (χ0n) is 12.1. The highest BCUT2D eigenvalue weighted by molar-refractivity contribution is 9.10. The molecule has 0 radical (unpaired) electrons. The number of thioether (sulfide) groups is 1. The second-order valence-electron chi connectivity index (χ2n) is 5.55. The molecule has 0 spiro atoms. The molecule has 1 aliphatic heterocycles. The first kappa shape index (κ1) is 15.9. The lowest BCUT2D eigenvalue weighted by molar-refractivity contribution is -0.134. The van der Waals surface area contributed by atoms with E-state index in [9.17, 15) is 4.79 Å². The smallest absolute Gasteiger partial charge is 0.233 e. The molecule has 0 aliphatic carbocycles. The third-order valence-corrected chi connectivity index (χ3v) is 5.35. The molecule has 0 bridgehead atoms. The topological polar surface area (TPSA) is 20.3 Å². The van der Waals surface area contributed by atoms with Crippen molar-refractivity contribution in [2.75, 3.05) is 5.75 Å². The minimum atomic E-state index is 0.296. The summed E-state index contributed by atoms with van der Waals surface area (Å²) in [6.07, 6.45) is 3.54. The molecule has 1 saturated heterocycles. The average molecular weight is 356 g/mol. The molecule has 1 aromatic carbocycles. The molecule has 2 nitrogen and oxygen atoms in total. The number of rotatable bonds is 4. The van der Waals surface area contributed by atoms with Crippen molar-refractivity contribution in [3.63, 3.8) is 0 Å². The Morgan fingerprint density at radius 3 is 2.70 bits per heavy atom. The Morgan fingerprint density at radius 2 is 2.05 bits per heavy atom. The first-order valence-electron chi connectivity index (χ1n) is 7.21. The van der Waals surface area contributed by atoms with Crippen LogP contribution in [0, 0.1) is 0 Å². The van der Waals surface area contributed by atoms with Crippen molar-refractivity contribution in [2.45, 2.75) is 50.9 Å². The highest BCUT2D eigenvalue weighted by Gasteiger charge is 2.28. The first-order chi connectivity index (χ1) is 9.58. The van der Waals surface area contributed by atoms with E-state index in [1.54, 1.807) is 11.8 Å². The summed E-state index contributed by atoms with van der Waals surface area (Å²) in [4.78, 5) is 14.5. The maximum Gasteiger partial charge on any atom is 0.233 e. The molecule has 2 unspecified atom stereocenters. The molecule has 1 aromatic rings. The molecule has 1 heterocycles. The fraction of sp³-hybridized carbons (Fsp3) is 0.562. The van der Waals surface area contributed by atoms with Crippen molar-refractivity contribution < 1.29 is 4.79 Å². The van der Waals surface area contributed by atoms with Crippen LogP contribution in [0.25, 0.3) is 0 Å². The second-order valence-corrected chi connectivity index (χ2v) is 7.45. The highest BCUT2D eigenvalue weighted by atomic mass is 79.9. The Bertz CT molecular complexity index is 456. The van der Waals surface area contributed by atoms with Crippen LogP contribution >= 0.6 is 27.7 Å². The Labute approximate surface area is 134 Å². The minimum absolute atomic E-state index is 0.296. The molecule has 0 aromatic heterocycles. The molecule has 20 heavy (non-hydrogen) atoms. The van der Waals surface area contributed by atoms with Crippen LogP contribution < -0.4 is 0 Å². The molecule has 2 atom stereocenters. The summed E-state index contributed by atoms with van der Waals surface area (Å²) >= 11 is 5.19. The average Bonchev–Trinajstić information content (AvgIpc) is 2.38. The van der Waals surface area contributed by atoms with Gasteiger partial charge in [-0.05, 0) is 50.8 Å². The van der Waals surface area contributed by atoms with Crippen LogP contribution in [0.2, 0.25) is 0 Å². The number of carbonyl (C=O) groups is 1. The van der Waals surface area contributed by atoms with Gasteiger partial charge in [-0.3, -0.25) is 4.79 Å². The van der Waals surface area contributed by atoms with E-state index in [0.29, 0.717) is 23.7 Å².